The summed E-state index contributed by atoms with van der Waals surface area (Å²) in [6.07, 6.45) is 0.133. The summed E-state index contributed by atoms with van der Waals surface area (Å²) < 4.78 is 0. The minimum Gasteiger partial charge on any atom is -0.308 e. The Labute approximate surface area is 112 Å². The van der Waals surface area contributed by atoms with Gasteiger partial charge in [-0.05, 0) is 19.1 Å². The van der Waals surface area contributed by atoms with Crippen molar-refractivity contribution in [2.24, 2.45) is 0 Å². The molecule has 2 atom stereocenters. The summed E-state index contributed by atoms with van der Waals surface area (Å²) in [5.74, 6) is -0.151. The maximum Gasteiger partial charge on any atom is 0.245 e. The molecule has 0 spiro atoms. The number of anilines is 1. The second kappa shape index (κ2) is 5.51. The number of nitrogens with zero attached hydrogens (tertiary/aromatic N) is 3. The molecule has 1 N–H and O–H groups in total. The van der Waals surface area contributed by atoms with Crippen LogP contribution in [0.25, 0.3) is 0 Å². The lowest BCUT2D eigenvalue weighted by Gasteiger charge is -2.36. The van der Waals surface area contributed by atoms with E-state index in [9.17, 15) is 4.79 Å². The summed E-state index contributed by atoms with van der Waals surface area (Å²) in [6, 6.07) is 10.7. The van der Waals surface area contributed by atoms with Crippen molar-refractivity contribution >= 4 is 11.6 Å². The molecule has 0 saturated carbocycles. The predicted octanol–water partition coefficient (Wildman–Crippen LogP) is 1.17. The number of piperazine rings is 1. The summed E-state index contributed by atoms with van der Waals surface area (Å²) in [5.41, 5.74) is 1.09. The molecule has 1 aliphatic heterocycles. The van der Waals surface area contributed by atoms with Crippen molar-refractivity contribution in [3.8, 4) is 12.1 Å². The fraction of sp³-hybridized carbons (Fsp3) is 0.357. The van der Waals surface area contributed by atoms with Crippen LogP contribution in [0.15, 0.2) is 24.3 Å². The fourth-order valence-electron chi connectivity index (χ4n) is 2.28. The van der Waals surface area contributed by atoms with E-state index < -0.39 is 6.04 Å². The third-order valence-corrected chi connectivity index (χ3v) is 3.12. The van der Waals surface area contributed by atoms with Crippen molar-refractivity contribution in [1.82, 2.24) is 5.32 Å². The molecule has 1 aromatic rings. The molecular weight excluding hydrogens is 240 g/mol. The highest BCUT2D eigenvalue weighted by molar-refractivity contribution is 5.99. The molecule has 0 radical (unpaired) electrons. The molecule has 1 amide bonds. The summed E-state index contributed by atoms with van der Waals surface area (Å²) in [7, 11) is 0. The molecule has 1 aliphatic rings. The van der Waals surface area contributed by atoms with Gasteiger partial charge in [-0.25, -0.2) is 0 Å². The topological polar surface area (TPSA) is 79.9 Å². The first-order chi connectivity index (χ1) is 9.17. The second-order valence-electron chi connectivity index (χ2n) is 4.56. The van der Waals surface area contributed by atoms with Crippen LogP contribution in [0.2, 0.25) is 0 Å². The molecular formula is C14H14N4O. The molecule has 0 bridgehead atoms. The number of benzene rings is 1. The van der Waals surface area contributed by atoms with Gasteiger partial charge in [0, 0.05) is 12.6 Å². The van der Waals surface area contributed by atoms with Gasteiger partial charge in [0.05, 0.1) is 23.7 Å². The first-order valence-electron chi connectivity index (χ1n) is 6.11. The number of amides is 1. The smallest absolute Gasteiger partial charge is 0.245 e. The quantitative estimate of drug-likeness (QED) is 0.859. The van der Waals surface area contributed by atoms with Crippen LogP contribution in [0.1, 0.15) is 18.9 Å². The highest BCUT2D eigenvalue weighted by atomic mass is 16.2. The molecule has 96 valence electrons. The number of nitriles is 2. The summed E-state index contributed by atoms with van der Waals surface area (Å²) in [4.78, 5) is 13.9. The van der Waals surface area contributed by atoms with Crippen molar-refractivity contribution in [3.05, 3.63) is 29.8 Å². The maximum atomic E-state index is 12.3. The molecule has 19 heavy (non-hydrogen) atoms. The normalized spacial score (nSPS) is 22.7. The van der Waals surface area contributed by atoms with E-state index in [-0.39, 0.29) is 18.4 Å². The molecule has 2 rings (SSSR count). The average Bonchev–Trinajstić information content (AvgIpc) is 2.42. The Morgan fingerprint density at radius 1 is 1.42 bits per heavy atom. The SMILES string of the molecule is CC1CN(c2ccccc2C#N)C(=O)C(CC#N)N1. The van der Waals surface area contributed by atoms with Gasteiger partial charge in [0.2, 0.25) is 5.91 Å². The van der Waals surface area contributed by atoms with Crippen LogP contribution in [0, 0.1) is 22.7 Å². The minimum atomic E-state index is -0.500. The van der Waals surface area contributed by atoms with E-state index in [1.807, 2.05) is 13.0 Å². The van der Waals surface area contributed by atoms with Crippen molar-refractivity contribution in [2.45, 2.75) is 25.4 Å². The van der Waals surface area contributed by atoms with Crippen molar-refractivity contribution in [2.75, 3.05) is 11.4 Å². The summed E-state index contributed by atoms with van der Waals surface area (Å²) >= 11 is 0. The zero-order valence-corrected chi connectivity index (χ0v) is 10.6. The molecule has 0 aliphatic carbocycles. The third-order valence-electron chi connectivity index (χ3n) is 3.12. The van der Waals surface area contributed by atoms with Gasteiger partial charge < -0.3 is 10.2 Å². The number of hydrogen-bond acceptors (Lipinski definition) is 4. The number of rotatable bonds is 2. The van der Waals surface area contributed by atoms with Gasteiger partial charge in [0.15, 0.2) is 0 Å². The number of nitrogens with one attached hydrogen (secondary N) is 1. The highest BCUT2D eigenvalue weighted by Gasteiger charge is 2.33. The van der Waals surface area contributed by atoms with Gasteiger partial charge in [-0.3, -0.25) is 4.79 Å². The Morgan fingerprint density at radius 3 is 2.84 bits per heavy atom. The Hall–Kier alpha value is -2.37. The van der Waals surface area contributed by atoms with E-state index in [2.05, 4.69) is 11.4 Å². The van der Waals surface area contributed by atoms with Crippen molar-refractivity contribution < 1.29 is 4.79 Å². The van der Waals surface area contributed by atoms with Crippen LogP contribution in [0.3, 0.4) is 0 Å². The Bertz CT molecular complexity index is 570. The van der Waals surface area contributed by atoms with Gasteiger partial charge in [0.25, 0.3) is 0 Å². The van der Waals surface area contributed by atoms with Crippen LogP contribution >= 0.6 is 0 Å². The number of carbonyl (C=O) groups excluding carboxylic acids is 1. The van der Waals surface area contributed by atoms with E-state index in [1.54, 1.807) is 29.2 Å². The lowest BCUT2D eigenvalue weighted by molar-refractivity contribution is -0.122. The average molecular weight is 254 g/mol. The van der Waals surface area contributed by atoms with E-state index in [0.717, 1.165) is 0 Å². The molecule has 1 saturated heterocycles. The molecule has 0 aromatic heterocycles. The Morgan fingerprint density at radius 2 is 2.16 bits per heavy atom. The third kappa shape index (κ3) is 2.57. The molecule has 2 unspecified atom stereocenters. The Kier molecular flexibility index (Phi) is 3.79. The first-order valence-corrected chi connectivity index (χ1v) is 6.11. The van der Waals surface area contributed by atoms with Crippen LogP contribution < -0.4 is 10.2 Å². The number of hydrogen-bond donors (Lipinski definition) is 1. The highest BCUT2D eigenvalue weighted by Crippen LogP contribution is 2.23. The zero-order valence-electron chi connectivity index (χ0n) is 10.6. The molecule has 1 fully saturated rings. The largest absolute Gasteiger partial charge is 0.308 e. The predicted molar refractivity (Wildman–Crippen MR) is 70.1 cm³/mol. The van der Waals surface area contributed by atoms with E-state index in [1.165, 1.54) is 0 Å². The van der Waals surface area contributed by atoms with E-state index >= 15 is 0 Å². The van der Waals surface area contributed by atoms with Crippen LogP contribution in [0.4, 0.5) is 5.69 Å². The summed E-state index contributed by atoms with van der Waals surface area (Å²) in [5, 5.41) is 21.0. The number of carbonyl (C=O) groups is 1. The van der Waals surface area contributed by atoms with Gasteiger partial charge in [-0.15, -0.1) is 0 Å². The standard InChI is InChI=1S/C14H14N4O/c1-10-9-18(14(19)12(17-10)6-7-15)13-5-3-2-4-11(13)8-16/h2-5,10,12,17H,6,9H2,1H3. The second-order valence-corrected chi connectivity index (χ2v) is 4.56. The first kappa shape index (κ1) is 13.1. The number of para-hydroxylation sites is 1. The van der Waals surface area contributed by atoms with E-state index in [4.69, 9.17) is 10.5 Å². The maximum absolute atomic E-state index is 12.3. The Balaban J connectivity index is 2.35. The lowest BCUT2D eigenvalue weighted by Crippen LogP contribution is -2.59. The monoisotopic (exact) mass is 254 g/mol. The summed E-state index contributed by atoms with van der Waals surface area (Å²) in [6.45, 7) is 2.46. The molecule has 1 heterocycles. The minimum absolute atomic E-state index is 0.0859. The van der Waals surface area contributed by atoms with Crippen LogP contribution in [0.5, 0.6) is 0 Å². The van der Waals surface area contributed by atoms with E-state index in [0.29, 0.717) is 17.8 Å². The molecule has 5 heteroatoms. The van der Waals surface area contributed by atoms with Crippen LogP contribution in [-0.4, -0.2) is 24.5 Å². The molecule has 5 nitrogen and oxygen atoms in total. The van der Waals surface area contributed by atoms with Gasteiger partial charge in [0.1, 0.15) is 12.1 Å². The van der Waals surface area contributed by atoms with Crippen molar-refractivity contribution in [3.63, 3.8) is 0 Å². The lowest BCUT2D eigenvalue weighted by atomic mass is 10.0. The van der Waals surface area contributed by atoms with Gasteiger partial charge >= 0.3 is 0 Å². The fourth-order valence-corrected chi connectivity index (χ4v) is 2.28. The zero-order chi connectivity index (χ0) is 13.8. The van der Waals surface area contributed by atoms with Gasteiger partial charge in [-0.1, -0.05) is 12.1 Å². The van der Waals surface area contributed by atoms with Gasteiger partial charge in [-0.2, -0.15) is 10.5 Å². The van der Waals surface area contributed by atoms with Crippen LogP contribution in [-0.2, 0) is 4.79 Å². The molecule has 1 aromatic carbocycles. The van der Waals surface area contributed by atoms with Crippen molar-refractivity contribution in [1.29, 1.82) is 10.5 Å².